The van der Waals surface area contributed by atoms with Gasteiger partial charge in [-0.3, -0.25) is 14.4 Å². The Balaban J connectivity index is 3.60. The minimum Gasteiger partial charge on any atom is -0.462 e. The van der Waals surface area contributed by atoms with Crippen molar-refractivity contribution in [3.8, 4) is 0 Å². The molecule has 0 bridgehead atoms. The van der Waals surface area contributed by atoms with E-state index in [1.165, 1.54) is 26.0 Å². The van der Waals surface area contributed by atoms with Crippen LogP contribution in [0.3, 0.4) is 0 Å². The highest BCUT2D eigenvalue weighted by Crippen LogP contribution is 1.84. The molecule has 0 aromatic heterocycles. The Morgan fingerprint density at radius 1 is 1.07 bits per heavy atom. The zero-order valence-electron chi connectivity index (χ0n) is 8.11. The number of rotatable bonds is 5. The highest BCUT2D eigenvalue weighted by atomic mass is 16.5. The number of hydrogen-bond acceptors (Lipinski definition) is 5. The summed E-state index contributed by atoms with van der Waals surface area (Å²) >= 11 is 0. The predicted octanol–water partition coefficient (Wildman–Crippen LogP) is 0.238. The van der Waals surface area contributed by atoms with Gasteiger partial charge in [-0.15, -0.1) is 0 Å². The van der Waals surface area contributed by atoms with Crippen molar-refractivity contribution in [3.63, 3.8) is 0 Å². The van der Waals surface area contributed by atoms with Crippen LogP contribution >= 0.6 is 0 Å². The zero-order valence-corrected chi connectivity index (χ0v) is 8.11. The second-order valence-corrected chi connectivity index (χ2v) is 2.45. The summed E-state index contributed by atoms with van der Waals surface area (Å²) in [6.07, 6.45) is 2.58. The highest BCUT2D eigenvalue weighted by Gasteiger charge is 1.98. The standard InChI is InChI=1S/C9H12O5/c1-7(10)13-5-3-4-9(12)6-14-8(2)11/h3-4H,5-6H2,1-2H3. The maximum Gasteiger partial charge on any atom is 0.303 e. The molecule has 0 heterocycles. The number of ether oxygens (including phenoxy) is 2. The molecule has 0 aliphatic carbocycles. The van der Waals surface area contributed by atoms with Gasteiger partial charge in [0.2, 0.25) is 0 Å². The Hall–Kier alpha value is -1.65. The molecule has 14 heavy (non-hydrogen) atoms. The lowest BCUT2D eigenvalue weighted by molar-refractivity contribution is -0.144. The molecule has 0 fully saturated rings. The topological polar surface area (TPSA) is 69.7 Å². The van der Waals surface area contributed by atoms with E-state index in [0.29, 0.717) is 0 Å². The number of esters is 2. The van der Waals surface area contributed by atoms with Crippen molar-refractivity contribution in [1.29, 1.82) is 0 Å². The van der Waals surface area contributed by atoms with Crippen molar-refractivity contribution >= 4 is 17.7 Å². The minimum absolute atomic E-state index is 0.0428. The second kappa shape index (κ2) is 6.82. The molecule has 0 spiro atoms. The lowest BCUT2D eigenvalue weighted by atomic mass is 10.4. The first-order valence-electron chi connectivity index (χ1n) is 3.98. The van der Waals surface area contributed by atoms with Crippen LogP contribution in [0.2, 0.25) is 0 Å². The van der Waals surface area contributed by atoms with Gasteiger partial charge in [0.05, 0.1) is 0 Å². The van der Waals surface area contributed by atoms with Crippen LogP contribution in [0.5, 0.6) is 0 Å². The quantitative estimate of drug-likeness (QED) is 0.469. The van der Waals surface area contributed by atoms with E-state index >= 15 is 0 Å². The molecule has 0 rings (SSSR count). The Morgan fingerprint density at radius 2 is 1.64 bits per heavy atom. The summed E-state index contributed by atoms with van der Waals surface area (Å²) in [5.41, 5.74) is 0. The summed E-state index contributed by atoms with van der Waals surface area (Å²) in [5.74, 6) is -1.28. The molecule has 5 heteroatoms. The van der Waals surface area contributed by atoms with Crippen molar-refractivity contribution in [2.24, 2.45) is 0 Å². The maximum absolute atomic E-state index is 10.9. The summed E-state index contributed by atoms with van der Waals surface area (Å²) < 4.78 is 8.97. The van der Waals surface area contributed by atoms with Gasteiger partial charge in [-0.05, 0) is 12.2 Å². The van der Waals surface area contributed by atoms with Gasteiger partial charge in [-0.1, -0.05) is 0 Å². The van der Waals surface area contributed by atoms with Crippen molar-refractivity contribution < 1.29 is 23.9 Å². The smallest absolute Gasteiger partial charge is 0.303 e. The molecule has 0 aliphatic rings. The van der Waals surface area contributed by atoms with Crippen LogP contribution in [0, 0.1) is 0 Å². The fraction of sp³-hybridized carbons (Fsp3) is 0.444. The molecule has 78 valence electrons. The van der Waals surface area contributed by atoms with E-state index in [1.54, 1.807) is 0 Å². The molecule has 0 unspecified atom stereocenters. The van der Waals surface area contributed by atoms with Crippen LogP contribution < -0.4 is 0 Å². The zero-order chi connectivity index (χ0) is 11.0. The third-order valence-electron chi connectivity index (χ3n) is 1.10. The summed E-state index contributed by atoms with van der Waals surface area (Å²) in [6, 6.07) is 0. The Bertz CT molecular complexity index is 254. The van der Waals surface area contributed by atoms with Crippen LogP contribution in [0.1, 0.15) is 13.8 Å². The SMILES string of the molecule is CC(=O)OCC=CC(=O)COC(C)=O. The van der Waals surface area contributed by atoms with Crippen LogP contribution in [0.15, 0.2) is 12.2 Å². The Morgan fingerprint density at radius 3 is 2.14 bits per heavy atom. The van der Waals surface area contributed by atoms with Gasteiger partial charge in [0, 0.05) is 13.8 Å². The third-order valence-corrected chi connectivity index (χ3v) is 1.10. The first-order chi connectivity index (χ1) is 6.52. The van der Waals surface area contributed by atoms with Crippen LogP contribution in [0.4, 0.5) is 0 Å². The first kappa shape index (κ1) is 12.3. The molecule has 0 aromatic rings. The average Bonchev–Trinajstić information content (AvgIpc) is 2.08. The summed E-state index contributed by atoms with van der Waals surface area (Å²) in [7, 11) is 0. The summed E-state index contributed by atoms with van der Waals surface area (Å²) in [6.45, 7) is 2.25. The number of hydrogen-bond donors (Lipinski definition) is 0. The number of carbonyl (C=O) groups excluding carboxylic acids is 3. The molecule has 0 radical (unpaired) electrons. The van der Waals surface area contributed by atoms with E-state index in [9.17, 15) is 14.4 Å². The Kier molecular flexibility index (Phi) is 6.02. The van der Waals surface area contributed by atoms with Gasteiger partial charge in [0.1, 0.15) is 6.61 Å². The molecule has 0 atom stereocenters. The lowest BCUT2D eigenvalue weighted by Gasteiger charge is -1.96. The van der Waals surface area contributed by atoms with E-state index in [2.05, 4.69) is 9.47 Å². The largest absolute Gasteiger partial charge is 0.462 e. The molecule has 0 saturated carbocycles. The molecule has 0 amide bonds. The fourth-order valence-corrected chi connectivity index (χ4v) is 0.566. The lowest BCUT2D eigenvalue weighted by Crippen LogP contribution is -2.09. The van der Waals surface area contributed by atoms with Gasteiger partial charge in [-0.25, -0.2) is 0 Å². The van der Waals surface area contributed by atoms with Crippen molar-refractivity contribution in [2.45, 2.75) is 13.8 Å². The van der Waals surface area contributed by atoms with Gasteiger partial charge < -0.3 is 9.47 Å². The third kappa shape index (κ3) is 8.45. The average molecular weight is 200 g/mol. The molecule has 0 aliphatic heterocycles. The van der Waals surface area contributed by atoms with E-state index < -0.39 is 11.9 Å². The van der Waals surface area contributed by atoms with Crippen LogP contribution in [-0.2, 0) is 23.9 Å². The predicted molar refractivity (Wildman–Crippen MR) is 47.4 cm³/mol. The summed E-state index contributed by atoms with van der Waals surface area (Å²) in [4.78, 5) is 31.5. The molecule has 0 aromatic carbocycles. The van der Waals surface area contributed by atoms with Gasteiger partial charge in [0.15, 0.2) is 12.4 Å². The second-order valence-electron chi connectivity index (χ2n) is 2.45. The maximum atomic E-state index is 10.9. The number of ketones is 1. The molecular weight excluding hydrogens is 188 g/mol. The fourth-order valence-electron chi connectivity index (χ4n) is 0.566. The van der Waals surface area contributed by atoms with Crippen molar-refractivity contribution in [3.05, 3.63) is 12.2 Å². The van der Waals surface area contributed by atoms with Crippen molar-refractivity contribution in [2.75, 3.05) is 13.2 Å². The van der Waals surface area contributed by atoms with Crippen LogP contribution in [-0.4, -0.2) is 30.9 Å². The monoisotopic (exact) mass is 200 g/mol. The van der Waals surface area contributed by atoms with E-state index in [1.807, 2.05) is 0 Å². The van der Waals surface area contributed by atoms with E-state index in [4.69, 9.17) is 0 Å². The Labute approximate surface area is 81.7 Å². The summed E-state index contributed by atoms with van der Waals surface area (Å²) in [5, 5.41) is 0. The van der Waals surface area contributed by atoms with Gasteiger partial charge in [0.25, 0.3) is 0 Å². The molecule has 5 nitrogen and oxygen atoms in total. The molecule has 0 saturated heterocycles. The molecule has 0 N–H and O–H groups in total. The van der Waals surface area contributed by atoms with Gasteiger partial charge in [-0.2, -0.15) is 0 Å². The minimum atomic E-state index is -0.508. The normalized spacial score (nSPS) is 9.86. The number of carbonyl (C=O) groups is 3. The van der Waals surface area contributed by atoms with Crippen molar-refractivity contribution in [1.82, 2.24) is 0 Å². The molecular formula is C9H12O5. The highest BCUT2D eigenvalue weighted by molar-refractivity contribution is 5.91. The van der Waals surface area contributed by atoms with E-state index in [0.717, 1.165) is 0 Å². The van der Waals surface area contributed by atoms with Crippen LogP contribution in [0.25, 0.3) is 0 Å². The van der Waals surface area contributed by atoms with E-state index in [-0.39, 0.29) is 19.0 Å². The van der Waals surface area contributed by atoms with Gasteiger partial charge >= 0.3 is 11.9 Å². The first-order valence-corrected chi connectivity index (χ1v) is 3.98.